The summed E-state index contributed by atoms with van der Waals surface area (Å²) in [5, 5.41) is 13.8. The molecule has 1 unspecified atom stereocenters. The number of nitrogens with one attached hydrogen (secondary N) is 1. The van der Waals surface area contributed by atoms with Crippen molar-refractivity contribution in [3.05, 3.63) is 66.2 Å². The molecule has 5 nitrogen and oxygen atoms in total. The molecule has 28 heavy (non-hydrogen) atoms. The number of carbonyl (C=O) groups is 1. The molecular formula is C23H27N3O2. The Labute approximate surface area is 166 Å². The first-order chi connectivity index (χ1) is 13.7. The fourth-order valence-electron chi connectivity index (χ4n) is 3.39. The number of rotatable bonds is 3. The van der Waals surface area contributed by atoms with Crippen molar-refractivity contribution in [2.24, 2.45) is 0 Å². The van der Waals surface area contributed by atoms with E-state index >= 15 is 0 Å². The molecule has 1 saturated heterocycles. The summed E-state index contributed by atoms with van der Waals surface area (Å²) >= 11 is 0. The first-order valence-electron chi connectivity index (χ1n) is 9.90. The van der Waals surface area contributed by atoms with E-state index in [9.17, 15) is 9.90 Å². The van der Waals surface area contributed by atoms with Crippen LogP contribution < -0.4 is 10.2 Å². The molecule has 2 N–H and O–H groups in total. The number of carbonyl (C=O) groups excluding carboxylic acids is 1. The van der Waals surface area contributed by atoms with Crippen molar-refractivity contribution in [2.75, 3.05) is 23.3 Å². The van der Waals surface area contributed by atoms with Crippen molar-refractivity contribution >= 4 is 28.3 Å². The number of pyridine rings is 1. The van der Waals surface area contributed by atoms with Crippen LogP contribution in [0.2, 0.25) is 0 Å². The lowest BCUT2D eigenvalue weighted by Crippen LogP contribution is -2.38. The molecular weight excluding hydrogens is 350 g/mol. The fourth-order valence-corrected chi connectivity index (χ4v) is 3.39. The van der Waals surface area contributed by atoms with Gasteiger partial charge in [0.05, 0.1) is 17.2 Å². The number of para-hydroxylation sites is 2. The lowest BCUT2D eigenvalue weighted by Gasteiger charge is -2.31. The Morgan fingerprint density at radius 2 is 1.82 bits per heavy atom. The van der Waals surface area contributed by atoms with Gasteiger partial charge >= 0.3 is 0 Å². The number of anilines is 2. The van der Waals surface area contributed by atoms with E-state index < -0.39 is 0 Å². The zero-order valence-electron chi connectivity index (χ0n) is 16.4. The normalized spacial score (nSPS) is 16.2. The van der Waals surface area contributed by atoms with Crippen LogP contribution in [0.25, 0.3) is 10.9 Å². The van der Waals surface area contributed by atoms with Crippen LogP contribution in [0, 0.1) is 0 Å². The summed E-state index contributed by atoms with van der Waals surface area (Å²) in [6.45, 7) is 5.38. The van der Waals surface area contributed by atoms with Crippen LogP contribution in [-0.4, -0.2) is 35.2 Å². The van der Waals surface area contributed by atoms with Crippen LogP contribution in [0.1, 0.15) is 37.0 Å². The maximum Gasteiger partial charge on any atom is 0.256 e. The van der Waals surface area contributed by atoms with Gasteiger partial charge in [0.25, 0.3) is 5.91 Å². The van der Waals surface area contributed by atoms with E-state index in [1.807, 2.05) is 74.5 Å². The second-order valence-corrected chi connectivity index (χ2v) is 6.61. The molecule has 5 heteroatoms. The third-order valence-corrected chi connectivity index (χ3v) is 4.70. The Morgan fingerprint density at radius 1 is 1.11 bits per heavy atom. The second-order valence-electron chi connectivity index (χ2n) is 6.61. The molecule has 1 aliphatic rings. The van der Waals surface area contributed by atoms with Crippen molar-refractivity contribution in [1.82, 2.24) is 4.98 Å². The quantitative estimate of drug-likeness (QED) is 0.707. The van der Waals surface area contributed by atoms with Crippen molar-refractivity contribution in [2.45, 2.75) is 32.8 Å². The minimum absolute atomic E-state index is 0.159. The van der Waals surface area contributed by atoms with Gasteiger partial charge in [-0.25, -0.2) is 4.98 Å². The zero-order valence-corrected chi connectivity index (χ0v) is 16.4. The van der Waals surface area contributed by atoms with Crippen LogP contribution >= 0.6 is 0 Å². The maximum absolute atomic E-state index is 12.9. The molecule has 1 atom stereocenters. The summed E-state index contributed by atoms with van der Waals surface area (Å²) in [5.41, 5.74) is 2.13. The van der Waals surface area contributed by atoms with Crippen molar-refractivity contribution in [3.63, 3.8) is 0 Å². The van der Waals surface area contributed by atoms with E-state index in [2.05, 4.69) is 10.2 Å². The van der Waals surface area contributed by atoms with Crippen molar-refractivity contribution < 1.29 is 9.90 Å². The molecule has 2 heterocycles. The molecule has 0 radical (unpaired) electrons. The summed E-state index contributed by atoms with van der Waals surface area (Å²) in [4.78, 5) is 19.7. The van der Waals surface area contributed by atoms with E-state index in [0.717, 1.165) is 41.8 Å². The van der Waals surface area contributed by atoms with Gasteiger partial charge in [0.15, 0.2) is 0 Å². The highest BCUT2D eigenvalue weighted by Gasteiger charge is 2.21. The molecule has 1 aliphatic heterocycles. The molecule has 0 saturated carbocycles. The predicted octanol–water partition coefficient (Wildman–Crippen LogP) is 4.47. The number of benzene rings is 2. The lowest BCUT2D eigenvalue weighted by molar-refractivity contribution is 0.102. The second kappa shape index (κ2) is 9.33. The molecule has 2 aromatic carbocycles. The standard InChI is InChI=1S/C21H21N3O2.C2H6/c25-16-9-6-12-24(14-16)20-13-18(17-10-4-5-11-19(17)23-20)21(26)22-15-7-2-1-3-8-15;1-2/h1-5,7-8,10-11,13,16,25H,6,9,12,14H2,(H,22,26);1-2H3. The number of fused-ring (bicyclic) bond motifs is 1. The van der Waals surface area contributed by atoms with Gasteiger partial charge in [0, 0.05) is 24.2 Å². The van der Waals surface area contributed by atoms with E-state index in [1.54, 1.807) is 0 Å². The van der Waals surface area contributed by atoms with Gasteiger partial charge in [-0.15, -0.1) is 0 Å². The molecule has 3 aromatic rings. The molecule has 1 fully saturated rings. The van der Waals surface area contributed by atoms with E-state index in [1.165, 1.54) is 0 Å². The largest absolute Gasteiger partial charge is 0.391 e. The highest BCUT2D eigenvalue weighted by molar-refractivity contribution is 6.13. The Morgan fingerprint density at radius 3 is 2.57 bits per heavy atom. The number of nitrogens with zero attached hydrogens (tertiary/aromatic N) is 2. The van der Waals surface area contributed by atoms with Gasteiger partial charge in [-0.1, -0.05) is 50.2 Å². The van der Waals surface area contributed by atoms with Crippen molar-refractivity contribution in [1.29, 1.82) is 0 Å². The summed E-state index contributed by atoms with van der Waals surface area (Å²) in [7, 11) is 0. The number of amides is 1. The third-order valence-electron chi connectivity index (χ3n) is 4.70. The number of β-amino-alcohol motifs (C(OH)–C–C–N with tert-alkyl or cyclic N) is 1. The van der Waals surface area contributed by atoms with Gasteiger partial charge in [-0.05, 0) is 37.1 Å². The van der Waals surface area contributed by atoms with Gasteiger partial charge in [-0.3, -0.25) is 4.79 Å². The first-order valence-corrected chi connectivity index (χ1v) is 9.90. The summed E-state index contributed by atoms with van der Waals surface area (Å²) in [6.07, 6.45) is 1.38. The first kappa shape index (κ1) is 19.8. The molecule has 146 valence electrons. The Kier molecular flexibility index (Phi) is 6.61. The Balaban J connectivity index is 0.00000109. The zero-order chi connectivity index (χ0) is 19.9. The predicted molar refractivity (Wildman–Crippen MR) is 115 cm³/mol. The number of aliphatic hydroxyl groups is 1. The van der Waals surface area contributed by atoms with Crippen LogP contribution in [0.4, 0.5) is 11.5 Å². The smallest absolute Gasteiger partial charge is 0.256 e. The Hall–Kier alpha value is -2.92. The number of hydrogen-bond acceptors (Lipinski definition) is 4. The highest BCUT2D eigenvalue weighted by atomic mass is 16.3. The summed E-state index contributed by atoms with van der Waals surface area (Å²) < 4.78 is 0. The summed E-state index contributed by atoms with van der Waals surface area (Å²) in [6, 6.07) is 18.9. The average molecular weight is 377 g/mol. The molecule has 0 aliphatic carbocycles. The van der Waals surface area contributed by atoms with Gasteiger partial charge in [0.2, 0.25) is 0 Å². The maximum atomic E-state index is 12.9. The van der Waals surface area contributed by atoms with Crippen LogP contribution in [0.15, 0.2) is 60.7 Å². The molecule has 0 bridgehead atoms. The topological polar surface area (TPSA) is 65.5 Å². The van der Waals surface area contributed by atoms with E-state index in [4.69, 9.17) is 4.98 Å². The Bertz CT molecular complexity index is 928. The minimum Gasteiger partial charge on any atom is -0.391 e. The van der Waals surface area contributed by atoms with E-state index in [-0.39, 0.29) is 12.0 Å². The SMILES string of the molecule is CC.O=C(Nc1ccccc1)c1cc(N2CCCC(O)C2)nc2ccccc12. The van der Waals surface area contributed by atoms with Crippen LogP contribution in [0.5, 0.6) is 0 Å². The monoisotopic (exact) mass is 377 g/mol. The lowest BCUT2D eigenvalue weighted by atomic mass is 10.1. The number of piperidine rings is 1. The molecule has 0 spiro atoms. The van der Waals surface area contributed by atoms with Crippen molar-refractivity contribution in [3.8, 4) is 0 Å². The average Bonchev–Trinajstić information content (AvgIpc) is 2.75. The third kappa shape index (κ3) is 4.49. The van der Waals surface area contributed by atoms with E-state index in [0.29, 0.717) is 12.1 Å². The number of aliphatic hydroxyl groups excluding tert-OH is 1. The molecule has 4 rings (SSSR count). The van der Waals surface area contributed by atoms with Crippen LogP contribution in [-0.2, 0) is 0 Å². The molecule has 1 aromatic heterocycles. The summed E-state index contributed by atoms with van der Waals surface area (Å²) in [5.74, 6) is 0.578. The van der Waals surface area contributed by atoms with Crippen LogP contribution in [0.3, 0.4) is 0 Å². The minimum atomic E-state index is -0.349. The molecule has 1 amide bonds. The van der Waals surface area contributed by atoms with Gasteiger partial charge in [-0.2, -0.15) is 0 Å². The highest BCUT2D eigenvalue weighted by Crippen LogP contribution is 2.26. The number of hydrogen-bond donors (Lipinski definition) is 2. The van der Waals surface area contributed by atoms with Gasteiger partial charge < -0.3 is 15.3 Å². The number of aromatic nitrogens is 1. The van der Waals surface area contributed by atoms with Gasteiger partial charge in [0.1, 0.15) is 5.82 Å². The fraction of sp³-hybridized carbons (Fsp3) is 0.304.